The van der Waals surface area contributed by atoms with Gasteiger partial charge in [0.05, 0.1) is 7.05 Å². The molecule has 0 aliphatic heterocycles. The highest BCUT2D eigenvalue weighted by Crippen LogP contribution is 2.23. The van der Waals surface area contributed by atoms with Gasteiger partial charge >= 0.3 is 0 Å². The predicted octanol–water partition coefficient (Wildman–Crippen LogP) is -0.137. The van der Waals surface area contributed by atoms with E-state index >= 15 is 0 Å². The zero-order valence-corrected chi connectivity index (χ0v) is 13.6. The average molecular weight is 296 g/mol. The molecule has 2 amide bonds. The van der Waals surface area contributed by atoms with Gasteiger partial charge in [-0.05, 0) is 38.5 Å². The predicted molar refractivity (Wildman–Crippen MR) is 81.9 cm³/mol. The zero-order chi connectivity index (χ0) is 15.4. The van der Waals surface area contributed by atoms with E-state index in [4.69, 9.17) is 0 Å². The van der Waals surface area contributed by atoms with Gasteiger partial charge in [-0.3, -0.25) is 9.59 Å². The summed E-state index contributed by atoms with van der Waals surface area (Å²) in [5, 5.41) is 6.16. The van der Waals surface area contributed by atoms with Crippen molar-refractivity contribution in [3.63, 3.8) is 0 Å². The van der Waals surface area contributed by atoms with Crippen LogP contribution in [-0.2, 0) is 9.59 Å². The van der Waals surface area contributed by atoms with Crippen LogP contribution in [0.2, 0.25) is 0 Å². The number of hydrogen-bond acceptors (Lipinski definition) is 2. The minimum Gasteiger partial charge on any atom is -0.348 e. The van der Waals surface area contributed by atoms with Crippen LogP contribution in [0.3, 0.4) is 0 Å². The lowest BCUT2D eigenvalue weighted by atomic mass is 9.86. The van der Waals surface area contributed by atoms with Crippen LogP contribution in [0, 0.1) is 5.92 Å². The fourth-order valence-corrected chi connectivity index (χ4v) is 2.97. The second kappa shape index (κ2) is 7.25. The molecule has 21 heavy (non-hydrogen) atoms. The minimum absolute atomic E-state index is 0.0562. The Morgan fingerprint density at radius 3 is 2.43 bits per heavy atom. The molecule has 120 valence electrons. The van der Waals surface area contributed by atoms with Gasteiger partial charge in [0.2, 0.25) is 0 Å². The molecule has 0 spiro atoms. The number of nitrogens with one attached hydrogen (secondary N) is 3. The summed E-state index contributed by atoms with van der Waals surface area (Å²) in [6, 6.07) is 0.503. The Kier molecular flexibility index (Phi) is 5.62. The average Bonchev–Trinajstić information content (AvgIpc) is 3.24. The summed E-state index contributed by atoms with van der Waals surface area (Å²) in [5.74, 6) is 0.694. The number of likely N-dealkylation sites (N-methyl/N-ethyl adjacent to an activating group) is 1. The summed E-state index contributed by atoms with van der Waals surface area (Å²) in [6.45, 7) is 4.49. The fourth-order valence-electron chi connectivity index (χ4n) is 2.97. The van der Waals surface area contributed by atoms with E-state index in [1.165, 1.54) is 19.3 Å². The molecule has 4 atom stereocenters. The molecule has 5 heteroatoms. The number of hydrogen-bond donors (Lipinski definition) is 3. The van der Waals surface area contributed by atoms with E-state index in [0.717, 1.165) is 24.2 Å². The molecule has 5 nitrogen and oxygen atoms in total. The molecule has 2 rings (SSSR count). The highest BCUT2D eigenvalue weighted by molar-refractivity contribution is 5.81. The lowest BCUT2D eigenvalue weighted by Gasteiger charge is -2.31. The molecular weight excluding hydrogens is 266 g/mol. The van der Waals surface area contributed by atoms with Gasteiger partial charge in [0, 0.05) is 12.1 Å². The second-order valence-electron chi connectivity index (χ2n) is 6.96. The molecule has 0 bridgehead atoms. The van der Waals surface area contributed by atoms with Crippen molar-refractivity contribution in [3.05, 3.63) is 0 Å². The van der Waals surface area contributed by atoms with Crippen molar-refractivity contribution < 1.29 is 14.5 Å². The van der Waals surface area contributed by atoms with E-state index in [1.54, 1.807) is 0 Å². The molecule has 0 saturated heterocycles. The summed E-state index contributed by atoms with van der Waals surface area (Å²) >= 11 is 0. The summed E-state index contributed by atoms with van der Waals surface area (Å²) < 4.78 is 0. The Hall–Kier alpha value is -1.10. The van der Waals surface area contributed by atoms with Crippen LogP contribution in [0.5, 0.6) is 0 Å². The first kappa shape index (κ1) is 16.3. The van der Waals surface area contributed by atoms with Gasteiger partial charge in [-0.2, -0.15) is 0 Å². The fraction of sp³-hybridized carbons (Fsp3) is 0.875. The first-order chi connectivity index (χ1) is 9.97. The van der Waals surface area contributed by atoms with Crippen LogP contribution in [0.4, 0.5) is 0 Å². The molecule has 1 unspecified atom stereocenters. The van der Waals surface area contributed by atoms with E-state index in [9.17, 15) is 9.59 Å². The SMILES string of the molecule is C[C@@H]1CCCC[C@H]1NC(=O)[C@@H](C)[NH+](C)CC(=O)NC1CC1. The van der Waals surface area contributed by atoms with Crippen molar-refractivity contribution in [2.45, 2.75) is 70.5 Å². The molecule has 2 aliphatic rings. The maximum absolute atomic E-state index is 12.4. The summed E-state index contributed by atoms with van der Waals surface area (Å²) in [6.07, 6.45) is 6.96. The molecular formula is C16H30N3O2+. The lowest BCUT2D eigenvalue weighted by molar-refractivity contribution is -0.886. The Morgan fingerprint density at radius 1 is 1.14 bits per heavy atom. The van der Waals surface area contributed by atoms with Gasteiger partial charge < -0.3 is 15.5 Å². The number of quaternary nitrogens is 1. The Labute approximate surface area is 127 Å². The highest BCUT2D eigenvalue weighted by atomic mass is 16.2. The molecule has 0 aromatic rings. The molecule has 2 aliphatic carbocycles. The Morgan fingerprint density at radius 2 is 1.81 bits per heavy atom. The van der Waals surface area contributed by atoms with Crippen molar-refractivity contribution in [2.24, 2.45) is 5.92 Å². The van der Waals surface area contributed by atoms with Crippen LogP contribution in [-0.4, -0.2) is 43.5 Å². The first-order valence-electron chi connectivity index (χ1n) is 8.39. The van der Waals surface area contributed by atoms with Crippen molar-refractivity contribution in [1.82, 2.24) is 10.6 Å². The first-order valence-corrected chi connectivity index (χ1v) is 8.39. The van der Waals surface area contributed by atoms with Gasteiger partial charge in [0.25, 0.3) is 11.8 Å². The molecule has 0 radical (unpaired) electrons. The molecule has 0 aromatic heterocycles. The Balaban J connectivity index is 1.75. The van der Waals surface area contributed by atoms with Gasteiger partial charge in [-0.15, -0.1) is 0 Å². The maximum Gasteiger partial charge on any atom is 0.278 e. The quantitative estimate of drug-likeness (QED) is 0.639. The molecule has 0 aromatic carbocycles. The Bertz CT molecular complexity index is 382. The highest BCUT2D eigenvalue weighted by Gasteiger charge is 2.30. The number of rotatable bonds is 6. The molecule has 2 fully saturated rings. The lowest BCUT2D eigenvalue weighted by Crippen LogP contribution is -3.15. The minimum atomic E-state index is -0.191. The van der Waals surface area contributed by atoms with Crippen LogP contribution >= 0.6 is 0 Å². The third kappa shape index (κ3) is 4.99. The largest absolute Gasteiger partial charge is 0.348 e. The smallest absolute Gasteiger partial charge is 0.278 e. The summed E-state index contributed by atoms with van der Waals surface area (Å²) in [5.41, 5.74) is 0. The zero-order valence-electron chi connectivity index (χ0n) is 13.6. The number of carbonyl (C=O) groups is 2. The van der Waals surface area contributed by atoms with Gasteiger partial charge in [-0.1, -0.05) is 19.8 Å². The summed E-state index contributed by atoms with van der Waals surface area (Å²) in [4.78, 5) is 25.1. The monoisotopic (exact) mass is 296 g/mol. The number of amides is 2. The van der Waals surface area contributed by atoms with Crippen molar-refractivity contribution in [2.75, 3.05) is 13.6 Å². The number of carbonyl (C=O) groups excluding carboxylic acids is 2. The van der Waals surface area contributed by atoms with Crippen LogP contribution in [0.15, 0.2) is 0 Å². The third-order valence-corrected chi connectivity index (χ3v) is 4.95. The van der Waals surface area contributed by atoms with E-state index in [2.05, 4.69) is 17.6 Å². The van der Waals surface area contributed by atoms with Crippen molar-refractivity contribution >= 4 is 11.8 Å². The van der Waals surface area contributed by atoms with Gasteiger partial charge in [-0.25, -0.2) is 0 Å². The van der Waals surface area contributed by atoms with Crippen LogP contribution < -0.4 is 15.5 Å². The van der Waals surface area contributed by atoms with Crippen LogP contribution in [0.25, 0.3) is 0 Å². The topological polar surface area (TPSA) is 62.6 Å². The van der Waals surface area contributed by atoms with E-state index in [-0.39, 0.29) is 17.9 Å². The van der Waals surface area contributed by atoms with E-state index in [0.29, 0.717) is 24.5 Å². The van der Waals surface area contributed by atoms with Gasteiger partial charge in [0.15, 0.2) is 12.6 Å². The molecule has 3 N–H and O–H groups in total. The van der Waals surface area contributed by atoms with Gasteiger partial charge in [0.1, 0.15) is 0 Å². The van der Waals surface area contributed by atoms with E-state index < -0.39 is 0 Å². The van der Waals surface area contributed by atoms with Crippen molar-refractivity contribution in [3.8, 4) is 0 Å². The second-order valence-corrected chi connectivity index (χ2v) is 6.96. The molecule has 0 heterocycles. The molecule has 2 saturated carbocycles. The van der Waals surface area contributed by atoms with Crippen LogP contribution in [0.1, 0.15) is 52.4 Å². The van der Waals surface area contributed by atoms with Crippen molar-refractivity contribution in [1.29, 1.82) is 0 Å². The normalized spacial score (nSPS) is 28.5. The maximum atomic E-state index is 12.4. The standard InChI is InChI=1S/C16H29N3O2/c1-11-6-4-5-7-14(11)18-16(21)12(2)19(3)10-15(20)17-13-8-9-13/h11-14H,4-10H2,1-3H3,(H,17,20)(H,18,21)/p+1/t11-,12-,14-/m1/s1. The third-order valence-electron chi connectivity index (χ3n) is 4.95. The summed E-state index contributed by atoms with van der Waals surface area (Å²) in [7, 11) is 1.92. The van der Waals surface area contributed by atoms with E-state index in [1.807, 2.05) is 14.0 Å².